The molecule has 1 atom stereocenters. The van der Waals surface area contributed by atoms with E-state index in [9.17, 15) is 0 Å². The highest BCUT2D eigenvalue weighted by Crippen LogP contribution is 2.18. The monoisotopic (exact) mass is 292 g/mol. The van der Waals surface area contributed by atoms with Crippen LogP contribution in [0.3, 0.4) is 0 Å². The lowest BCUT2D eigenvalue weighted by Crippen LogP contribution is -1.95. The number of aliphatic hydroxyl groups excluding tert-OH is 1. The highest BCUT2D eigenvalue weighted by molar-refractivity contribution is 5.02. The first-order chi connectivity index (χ1) is 9.95. The predicted molar refractivity (Wildman–Crippen MR) is 95.5 cm³/mol. The fourth-order valence-electron chi connectivity index (χ4n) is 2.44. The van der Waals surface area contributed by atoms with Gasteiger partial charge in [-0.2, -0.15) is 0 Å². The summed E-state index contributed by atoms with van der Waals surface area (Å²) in [6.07, 6.45) is 15.2. The summed E-state index contributed by atoms with van der Waals surface area (Å²) in [6.45, 7) is 11.2. The first kappa shape index (κ1) is 20.2. The van der Waals surface area contributed by atoms with E-state index in [1.165, 1.54) is 55.2 Å². The van der Waals surface area contributed by atoms with Crippen LogP contribution in [0.15, 0.2) is 34.9 Å². The van der Waals surface area contributed by atoms with Gasteiger partial charge < -0.3 is 5.11 Å². The summed E-state index contributed by atoms with van der Waals surface area (Å²) in [6, 6.07) is 0. The lowest BCUT2D eigenvalue weighted by Gasteiger charge is -2.10. The molecule has 0 aromatic rings. The standard InChI is InChI=1S/C20H36O/c1-17(2)9-6-10-18(3)11-7-12-19(4)13-8-14-20(5)15-16-21/h9,11,15,19,21H,6-8,10,12-14,16H2,1-5H3/b18-11+,20-15+. The summed E-state index contributed by atoms with van der Waals surface area (Å²) < 4.78 is 0. The van der Waals surface area contributed by atoms with E-state index in [0.717, 1.165) is 12.3 Å². The van der Waals surface area contributed by atoms with Gasteiger partial charge in [-0.25, -0.2) is 0 Å². The molecular formula is C20H36O. The van der Waals surface area contributed by atoms with Crippen LogP contribution in [-0.4, -0.2) is 11.7 Å². The zero-order valence-electron chi connectivity index (χ0n) is 14.9. The van der Waals surface area contributed by atoms with Gasteiger partial charge >= 0.3 is 0 Å². The lowest BCUT2D eigenvalue weighted by molar-refractivity contribution is 0.341. The van der Waals surface area contributed by atoms with Crippen molar-refractivity contribution in [1.29, 1.82) is 0 Å². The van der Waals surface area contributed by atoms with Crippen LogP contribution in [0, 0.1) is 5.92 Å². The number of aliphatic hydroxyl groups is 1. The molecule has 0 aliphatic heterocycles. The van der Waals surface area contributed by atoms with E-state index in [1.807, 2.05) is 6.08 Å². The van der Waals surface area contributed by atoms with E-state index >= 15 is 0 Å². The molecule has 0 aliphatic rings. The normalized spacial score (nSPS) is 14.2. The molecule has 0 bridgehead atoms. The summed E-state index contributed by atoms with van der Waals surface area (Å²) in [5.74, 6) is 0.800. The Balaban J connectivity index is 3.75. The summed E-state index contributed by atoms with van der Waals surface area (Å²) in [4.78, 5) is 0. The third-order valence-electron chi connectivity index (χ3n) is 3.95. The van der Waals surface area contributed by atoms with Crippen molar-refractivity contribution >= 4 is 0 Å². The minimum absolute atomic E-state index is 0.179. The van der Waals surface area contributed by atoms with E-state index in [1.54, 1.807) is 0 Å². The van der Waals surface area contributed by atoms with E-state index in [-0.39, 0.29) is 6.61 Å². The van der Waals surface area contributed by atoms with Gasteiger partial charge in [0.1, 0.15) is 0 Å². The molecule has 1 heteroatoms. The fraction of sp³-hybridized carbons (Fsp3) is 0.700. The van der Waals surface area contributed by atoms with Gasteiger partial charge in [0.2, 0.25) is 0 Å². The second-order valence-corrected chi connectivity index (χ2v) is 6.68. The van der Waals surface area contributed by atoms with Crippen LogP contribution in [0.5, 0.6) is 0 Å². The minimum Gasteiger partial charge on any atom is -0.392 e. The van der Waals surface area contributed by atoms with Crippen LogP contribution < -0.4 is 0 Å². The van der Waals surface area contributed by atoms with Crippen molar-refractivity contribution in [1.82, 2.24) is 0 Å². The van der Waals surface area contributed by atoms with Gasteiger partial charge in [-0.1, -0.05) is 48.3 Å². The minimum atomic E-state index is 0.179. The molecule has 0 fully saturated rings. The molecule has 21 heavy (non-hydrogen) atoms. The van der Waals surface area contributed by atoms with E-state index < -0.39 is 0 Å². The molecule has 0 aromatic carbocycles. The SMILES string of the molecule is CC(C)=CCC/C(C)=C/CCC(C)CCC/C(C)=C/CO. The molecule has 122 valence electrons. The quantitative estimate of drug-likeness (QED) is 0.449. The van der Waals surface area contributed by atoms with Gasteiger partial charge in [0.05, 0.1) is 6.61 Å². The van der Waals surface area contributed by atoms with Gasteiger partial charge in [-0.15, -0.1) is 0 Å². The smallest absolute Gasteiger partial charge is 0.0614 e. The van der Waals surface area contributed by atoms with E-state index in [2.05, 4.69) is 46.8 Å². The molecule has 0 aromatic heterocycles. The molecule has 0 radical (unpaired) electrons. The predicted octanol–water partition coefficient (Wildman–Crippen LogP) is 6.20. The molecule has 0 amide bonds. The van der Waals surface area contributed by atoms with Gasteiger partial charge in [-0.05, 0) is 72.1 Å². The maximum atomic E-state index is 8.82. The topological polar surface area (TPSA) is 20.2 Å². The average Bonchev–Trinajstić information content (AvgIpc) is 2.38. The van der Waals surface area contributed by atoms with Crippen molar-refractivity contribution in [3.63, 3.8) is 0 Å². The van der Waals surface area contributed by atoms with Gasteiger partial charge in [0.25, 0.3) is 0 Å². The Hall–Kier alpha value is -0.820. The van der Waals surface area contributed by atoms with Crippen molar-refractivity contribution in [2.45, 2.75) is 79.6 Å². The van der Waals surface area contributed by atoms with Crippen LogP contribution in [0.1, 0.15) is 79.6 Å². The van der Waals surface area contributed by atoms with Crippen LogP contribution in [0.4, 0.5) is 0 Å². The third-order valence-corrected chi connectivity index (χ3v) is 3.95. The summed E-state index contributed by atoms with van der Waals surface area (Å²) in [7, 11) is 0. The zero-order valence-corrected chi connectivity index (χ0v) is 14.9. The van der Waals surface area contributed by atoms with Crippen molar-refractivity contribution in [2.24, 2.45) is 5.92 Å². The molecule has 1 unspecified atom stereocenters. The average molecular weight is 293 g/mol. The second kappa shape index (κ2) is 12.9. The number of hydrogen-bond acceptors (Lipinski definition) is 1. The molecule has 0 saturated carbocycles. The number of rotatable bonds is 11. The van der Waals surface area contributed by atoms with Crippen LogP contribution >= 0.6 is 0 Å². The molecule has 1 nitrogen and oxygen atoms in total. The second-order valence-electron chi connectivity index (χ2n) is 6.68. The largest absolute Gasteiger partial charge is 0.392 e. The Kier molecular flexibility index (Phi) is 12.4. The van der Waals surface area contributed by atoms with Crippen molar-refractivity contribution in [2.75, 3.05) is 6.61 Å². The number of allylic oxidation sites excluding steroid dienone is 5. The molecule has 0 saturated heterocycles. The van der Waals surface area contributed by atoms with Crippen molar-refractivity contribution in [3.05, 3.63) is 34.9 Å². The summed E-state index contributed by atoms with van der Waals surface area (Å²) in [5.41, 5.74) is 4.27. The van der Waals surface area contributed by atoms with E-state index in [0.29, 0.717) is 0 Å². The van der Waals surface area contributed by atoms with Crippen LogP contribution in [0.2, 0.25) is 0 Å². The van der Waals surface area contributed by atoms with Gasteiger partial charge in [-0.3, -0.25) is 0 Å². The van der Waals surface area contributed by atoms with Crippen molar-refractivity contribution < 1.29 is 5.11 Å². The third kappa shape index (κ3) is 13.9. The maximum absolute atomic E-state index is 8.82. The maximum Gasteiger partial charge on any atom is 0.0614 e. The number of hydrogen-bond donors (Lipinski definition) is 1. The van der Waals surface area contributed by atoms with Crippen LogP contribution in [0.25, 0.3) is 0 Å². The highest BCUT2D eigenvalue weighted by Gasteiger charge is 2.01. The zero-order chi connectivity index (χ0) is 16.1. The Labute approximate surface area is 132 Å². The van der Waals surface area contributed by atoms with Crippen LogP contribution in [-0.2, 0) is 0 Å². The summed E-state index contributed by atoms with van der Waals surface area (Å²) >= 11 is 0. The molecular weight excluding hydrogens is 256 g/mol. The first-order valence-corrected chi connectivity index (χ1v) is 8.51. The first-order valence-electron chi connectivity index (χ1n) is 8.51. The summed E-state index contributed by atoms with van der Waals surface area (Å²) in [5, 5.41) is 8.82. The lowest BCUT2D eigenvalue weighted by atomic mass is 9.96. The molecule has 1 N–H and O–H groups in total. The van der Waals surface area contributed by atoms with E-state index in [4.69, 9.17) is 5.11 Å². The van der Waals surface area contributed by atoms with Crippen molar-refractivity contribution in [3.8, 4) is 0 Å². The van der Waals surface area contributed by atoms with Gasteiger partial charge in [0, 0.05) is 0 Å². The van der Waals surface area contributed by atoms with Gasteiger partial charge in [0.15, 0.2) is 0 Å². The molecule has 0 rings (SSSR count). The molecule has 0 heterocycles. The Bertz CT molecular complexity index is 343. The fourth-order valence-corrected chi connectivity index (χ4v) is 2.44. The Morgan fingerprint density at radius 3 is 2.14 bits per heavy atom. The Morgan fingerprint density at radius 1 is 0.857 bits per heavy atom. The Morgan fingerprint density at radius 2 is 1.52 bits per heavy atom. The highest BCUT2D eigenvalue weighted by atomic mass is 16.2. The molecule has 0 aliphatic carbocycles. The molecule has 0 spiro atoms.